The highest BCUT2D eigenvalue weighted by atomic mass is 32.7. The van der Waals surface area contributed by atoms with Crippen molar-refractivity contribution in [3.05, 3.63) is 31.0 Å². The Kier molecular flexibility index (Phi) is 7.77. The average Bonchev–Trinajstić information content (AvgIpc) is 3.73. The van der Waals surface area contributed by atoms with Crippen LogP contribution in [0.3, 0.4) is 0 Å². The standard InChI is InChI=1S/C21H25N9O10P2S2/c1-8-11-18(25-4-23-8)30(6-27-11)21-16-13(31)9(37-21)2-35-41(33,43)39-15-10(3-36-42(34,44)40-16)38-20(14(15)32)29-7-28-12-17(22)24-5-26-19(12)29/h4-7,9-10,13-16,20-21,31-32H,2-3H2,1H3,(H,33,43)(H,34,44)(H2,22,24,26)/p-1/t9-,10-,13-,14-,15-,16-,20-,21-,41?,42?/m1/s1. The van der Waals surface area contributed by atoms with Gasteiger partial charge in [0.05, 0.1) is 31.6 Å². The fraction of sp³-hybridized carbons (Fsp3) is 0.524. The molecule has 5 N–H and O–H groups in total. The molecule has 44 heavy (non-hydrogen) atoms. The van der Waals surface area contributed by atoms with Gasteiger partial charge >= 0.3 is 6.72 Å². The van der Waals surface area contributed by atoms with Crippen LogP contribution in [0.25, 0.3) is 22.3 Å². The van der Waals surface area contributed by atoms with Crippen molar-refractivity contribution >= 4 is 65.7 Å². The summed E-state index contributed by atoms with van der Waals surface area (Å²) in [5.74, 6) is 0.107. The first kappa shape index (κ1) is 30.4. The minimum Gasteiger partial charge on any atom is -0.660 e. The molecule has 2 unspecified atom stereocenters. The fourth-order valence-corrected chi connectivity index (χ4v) is 8.16. The number of aryl methyl sites for hydroxylation is 1. The van der Waals surface area contributed by atoms with Crippen LogP contribution in [-0.4, -0.2) is 104 Å². The second-order valence-corrected chi connectivity index (χ2v) is 15.6. The van der Waals surface area contributed by atoms with Gasteiger partial charge in [0.2, 0.25) is 6.80 Å². The summed E-state index contributed by atoms with van der Waals surface area (Å²) in [4.78, 5) is 35.9. The molecule has 19 nitrogen and oxygen atoms in total. The van der Waals surface area contributed by atoms with E-state index in [4.69, 9.17) is 57.4 Å². The number of aliphatic hydroxyl groups excluding tert-OH is 2. The molecule has 0 spiro atoms. The van der Waals surface area contributed by atoms with Gasteiger partial charge in [0.15, 0.2) is 29.6 Å². The van der Waals surface area contributed by atoms with Gasteiger partial charge < -0.3 is 56.1 Å². The van der Waals surface area contributed by atoms with Gasteiger partial charge in [-0.1, -0.05) is 0 Å². The third kappa shape index (κ3) is 5.34. The lowest BCUT2D eigenvalue weighted by atomic mass is 10.1. The van der Waals surface area contributed by atoms with E-state index in [9.17, 15) is 19.7 Å². The van der Waals surface area contributed by atoms with Crippen LogP contribution in [0.5, 0.6) is 0 Å². The summed E-state index contributed by atoms with van der Waals surface area (Å²) in [5.41, 5.74) is 7.80. The Morgan fingerprint density at radius 2 is 1.52 bits per heavy atom. The van der Waals surface area contributed by atoms with Crippen LogP contribution in [0.2, 0.25) is 0 Å². The summed E-state index contributed by atoms with van der Waals surface area (Å²) in [6.45, 7) is -7.80. The molecule has 3 aliphatic rings. The minimum atomic E-state index is -4.39. The number of nitrogens with two attached hydrogens (primary N) is 1. The molecule has 3 aliphatic heterocycles. The Morgan fingerprint density at radius 3 is 2.30 bits per heavy atom. The van der Waals surface area contributed by atoms with Gasteiger partial charge in [-0.3, -0.25) is 18.2 Å². The van der Waals surface area contributed by atoms with Crippen LogP contribution in [0.4, 0.5) is 5.82 Å². The summed E-state index contributed by atoms with van der Waals surface area (Å²) in [6.07, 6.45) is -5.12. The van der Waals surface area contributed by atoms with E-state index in [-0.39, 0.29) is 17.0 Å². The zero-order valence-electron chi connectivity index (χ0n) is 22.4. The van der Waals surface area contributed by atoms with Crippen molar-refractivity contribution in [2.24, 2.45) is 0 Å². The molecule has 0 radical (unpaired) electrons. The Hall–Kier alpha value is -2.23. The molecule has 2 bridgehead atoms. The summed E-state index contributed by atoms with van der Waals surface area (Å²) in [5, 5.41) is 22.4. The monoisotopic (exact) mass is 688 g/mol. The summed E-state index contributed by atoms with van der Waals surface area (Å²) in [6, 6.07) is 0. The zero-order valence-corrected chi connectivity index (χ0v) is 25.8. The summed E-state index contributed by atoms with van der Waals surface area (Å²) in [7, 11) is 0. The van der Waals surface area contributed by atoms with Gasteiger partial charge in [-0.25, -0.2) is 29.9 Å². The van der Waals surface area contributed by atoms with Gasteiger partial charge in [0.1, 0.15) is 60.3 Å². The lowest BCUT2D eigenvalue weighted by Gasteiger charge is -2.32. The quantitative estimate of drug-likeness (QED) is 0.157. The van der Waals surface area contributed by atoms with Gasteiger partial charge in [0.25, 0.3) is 0 Å². The van der Waals surface area contributed by atoms with Gasteiger partial charge in [-0.05, 0) is 18.7 Å². The molecule has 4 aromatic heterocycles. The third-order valence-corrected chi connectivity index (χ3v) is 10.5. The van der Waals surface area contributed by atoms with Crippen molar-refractivity contribution in [2.75, 3.05) is 18.9 Å². The average molecular weight is 689 g/mol. The van der Waals surface area contributed by atoms with Gasteiger partial charge in [-0.2, -0.15) is 0 Å². The first-order valence-corrected chi connectivity index (χ1v) is 18.1. The first-order valence-electron chi connectivity index (χ1n) is 13.0. The number of nitrogens with zero attached hydrogens (tertiary/aromatic N) is 8. The molecule has 0 saturated carbocycles. The van der Waals surface area contributed by atoms with Gasteiger partial charge in [0, 0.05) is 0 Å². The molecule has 7 heterocycles. The first-order chi connectivity index (χ1) is 20.9. The summed E-state index contributed by atoms with van der Waals surface area (Å²) >= 11 is 10.4. The maximum atomic E-state index is 13.5. The predicted molar refractivity (Wildman–Crippen MR) is 153 cm³/mol. The van der Waals surface area contributed by atoms with E-state index in [1.54, 1.807) is 6.92 Å². The Bertz CT molecular complexity index is 1830. The molecule has 0 aliphatic carbocycles. The van der Waals surface area contributed by atoms with Crippen molar-refractivity contribution in [3.8, 4) is 0 Å². The molecule has 3 saturated heterocycles. The van der Waals surface area contributed by atoms with Crippen LogP contribution in [0.15, 0.2) is 25.3 Å². The molecular formula is C21H24N9O10P2S2-. The Morgan fingerprint density at radius 1 is 0.886 bits per heavy atom. The molecule has 10 atom stereocenters. The van der Waals surface area contributed by atoms with Crippen molar-refractivity contribution in [1.82, 2.24) is 39.0 Å². The second kappa shape index (κ2) is 11.2. The Balaban J connectivity index is 1.20. The van der Waals surface area contributed by atoms with Crippen LogP contribution in [0, 0.1) is 6.92 Å². The molecule has 7 rings (SSSR count). The number of imidazole rings is 2. The molecule has 4 aromatic rings. The number of fused-ring (bicyclic) bond motifs is 5. The second-order valence-electron chi connectivity index (χ2n) is 10.1. The lowest BCUT2D eigenvalue weighted by molar-refractivity contribution is -0.0588. The maximum absolute atomic E-state index is 13.5. The number of hydrogen-bond acceptors (Lipinski definition) is 18. The van der Waals surface area contributed by atoms with Crippen molar-refractivity contribution in [3.63, 3.8) is 0 Å². The van der Waals surface area contributed by atoms with E-state index in [2.05, 4.69) is 29.9 Å². The van der Waals surface area contributed by atoms with Crippen molar-refractivity contribution in [2.45, 2.75) is 56.0 Å². The van der Waals surface area contributed by atoms with E-state index in [1.165, 1.54) is 34.4 Å². The van der Waals surface area contributed by atoms with Crippen molar-refractivity contribution < 1.29 is 47.2 Å². The molecule has 0 aromatic carbocycles. The molecule has 3 fully saturated rings. The predicted octanol–water partition coefficient (Wildman–Crippen LogP) is -0.238. The zero-order chi connectivity index (χ0) is 31.0. The maximum Gasteiger partial charge on any atom is 0.325 e. The topological polar surface area (TPSA) is 246 Å². The number of hydrogen-bond donors (Lipinski definition) is 4. The number of aliphatic hydroxyl groups is 2. The smallest absolute Gasteiger partial charge is 0.325 e. The Labute approximate surface area is 257 Å². The van der Waals surface area contributed by atoms with E-state index in [0.29, 0.717) is 16.9 Å². The normalized spacial score (nSPS) is 38.3. The highest BCUT2D eigenvalue weighted by Gasteiger charge is 2.52. The molecule has 236 valence electrons. The molecular weight excluding hydrogens is 664 g/mol. The van der Waals surface area contributed by atoms with Crippen LogP contribution in [0.1, 0.15) is 18.1 Å². The minimum absolute atomic E-state index is 0.107. The molecule has 23 heteroatoms. The fourth-order valence-electron chi connectivity index (χ4n) is 5.31. The van der Waals surface area contributed by atoms with Crippen molar-refractivity contribution in [1.29, 1.82) is 0 Å². The van der Waals surface area contributed by atoms with E-state index < -0.39 is 75.8 Å². The lowest BCUT2D eigenvalue weighted by Crippen LogP contribution is -2.36. The van der Waals surface area contributed by atoms with E-state index >= 15 is 0 Å². The van der Waals surface area contributed by atoms with Gasteiger partial charge in [-0.15, -0.1) is 0 Å². The number of ether oxygens (including phenoxy) is 2. The highest BCUT2D eigenvalue weighted by molar-refractivity contribution is 8.32. The summed E-state index contributed by atoms with van der Waals surface area (Å²) < 4.78 is 50.9. The molecule has 0 amide bonds. The van der Waals surface area contributed by atoms with E-state index in [0.717, 1.165) is 0 Å². The SMILES string of the molecule is Cc1ncnc2c1ncn2[C@@H]1O[C@@H]2COP(O)(=S)O[C@H]3[C@@H](O)[C@H](n4cnc5c(N)ncnc54)O[C@@H]3COP(=O)([S-])O[C@@H]1[C@@H]2O. The van der Waals surface area contributed by atoms with E-state index in [1.807, 2.05) is 0 Å². The van der Waals surface area contributed by atoms with Crippen LogP contribution >= 0.6 is 13.5 Å². The van der Waals surface area contributed by atoms with Crippen LogP contribution < -0.4 is 5.73 Å². The number of aromatic nitrogens is 8. The van der Waals surface area contributed by atoms with Crippen LogP contribution in [-0.2, 0) is 56.2 Å². The highest BCUT2D eigenvalue weighted by Crippen LogP contribution is 2.54. The largest absolute Gasteiger partial charge is 0.660 e. The number of nitrogen functional groups attached to an aromatic ring is 1. The number of anilines is 1. The third-order valence-electron chi connectivity index (χ3n) is 7.40. The number of rotatable bonds is 2.